The number of halogens is 2. The fourth-order valence-electron chi connectivity index (χ4n) is 4.83. The lowest BCUT2D eigenvalue weighted by molar-refractivity contribution is -0.0440. The highest BCUT2D eigenvalue weighted by Gasteiger charge is 2.54. The maximum atomic E-state index is 15.3. The molecule has 1 aromatic carbocycles. The number of fused-ring (bicyclic) bond motifs is 1. The lowest BCUT2D eigenvalue weighted by Gasteiger charge is -2.26. The molecule has 2 aromatic rings. The Labute approximate surface area is 169 Å². The van der Waals surface area contributed by atoms with Crippen molar-refractivity contribution < 1.29 is 19.0 Å². The molecule has 1 aromatic heterocycles. The minimum Gasteiger partial charge on any atom is -0.396 e. The lowest BCUT2D eigenvalue weighted by Crippen LogP contribution is -2.40. The minimum absolute atomic E-state index is 0.00972. The first-order chi connectivity index (χ1) is 14.1. The number of rotatable bonds is 4. The molecule has 3 unspecified atom stereocenters. The molecular weight excluding hydrogens is 398 g/mol. The SMILES string of the molecule is Cc1c(N2CC(F)C(C(O)C3(O)CC3)C2)c(F)c(N)c2c(=O)[nH]c(=O)n(C3CC3)c12. The predicted octanol–water partition coefficient (Wildman–Crippen LogP) is 0.715. The third-order valence-electron chi connectivity index (χ3n) is 6.81. The van der Waals surface area contributed by atoms with E-state index in [9.17, 15) is 24.2 Å². The second kappa shape index (κ2) is 6.27. The minimum atomic E-state index is -1.47. The van der Waals surface area contributed by atoms with Crippen LogP contribution in [0.3, 0.4) is 0 Å². The van der Waals surface area contributed by atoms with E-state index < -0.39 is 40.9 Å². The summed E-state index contributed by atoms with van der Waals surface area (Å²) in [4.78, 5) is 28.5. The van der Waals surface area contributed by atoms with Gasteiger partial charge in [0.25, 0.3) is 5.56 Å². The van der Waals surface area contributed by atoms with Crippen LogP contribution in [0, 0.1) is 18.7 Å². The number of alkyl halides is 1. The molecule has 0 spiro atoms. The normalized spacial score (nSPS) is 26.4. The van der Waals surface area contributed by atoms with Gasteiger partial charge in [-0.25, -0.2) is 13.6 Å². The summed E-state index contributed by atoms with van der Waals surface area (Å²) in [6.45, 7) is 1.39. The standard InChI is InChI=1S/C20H24F2N4O4/c1-8-15-12(18(28)24-19(29)26(15)9-2-3-9)14(23)13(22)16(8)25-6-10(11(21)7-25)17(27)20(30)4-5-20/h9-11,17,27,30H,2-7,23H2,1H3,(H,24,28,29). The molecule has 5 rings (SSSR count). The second-order valence-corrected chi connectivity index (χ2v) is 8.92. The van der Waals surface area contributed by atoms with E-state index in [1.54, 1.807) is 6.92 Å². The van der Waals surface area contributed by atoms with Crippen molar-refractivity contribution in [2.24, 2.45) is 5.92 Å². The van der Waals surface area contributed by atoms with Crippen molar-refractivity contribution in [3.63, 3.8) is 0 Å². The van der Waals surface area contributed by atoms with E-state index in [2.05, 4.69) is 4.98 Å². The Balaban J connectivity index is 1.66. The smallest absolute Gasteiger partial charge is 0.329 e. The van der Waals surface area contributed by atoms with E-state index in [1.807, 2.05) is 0 Å². The fourth-order valence-corrected chi connectivity index (χ4v) is 4.83. The van der Waals surface area contributed by atoms with Crippen LogP contribution in [0.15, 0.2) is 9.59 Å². The number of aliphatic hydroxyl groups excluding tert-OH is 1. The zero-order valence-corrected chi connectivity index (χ0v) is 16.5. The largest absolute Gasteiger partial charge is 0.396 e. The Hall–Kier alpha value is -2.46. The number of aliphatic hydroxyl groups is 2. The zero-order chi connectivity index (χ0) is 21.5. The van der Waals surface area contributed by atoms with Crippen LogP contribution in [-0.2, 0) is 0 Å². The summed E-state index contributed by atoms with van der Waals surface area (Å²) in [5.41, 5.74) is 3.61. The number of nitrogens with two attached hydrogens (primary N) is 1. The van der Waals surface area contributed by atoms with Crippen molar-refractivity contribution in [3.8, 4) is 0 Å². The molecule has 3 fully saturated rings. The molecule has 0 bridgehead atoms. The van der Waals surface area contributed by atoms with Gasteiger partial charge in [-0.05, 0) is 32.6 Å². The number of hydrogen-bond acceptors (Lipinski definition) is 6. The van der Waals surface area contributed by atoms with Crippen LogP contribution >= 0.6 is 0 Å². The van der Waals surface area contributed by atoms with Crippen LogP contribution in [0.1, 0.15) is 37.3 Å². The number of aryl methyl sites for hydroxylation is 1. The lowest BCUT2D eigenvalue weighted by atomic mass is 9.94. The van der Waals surface area contributed by atoms with Crippen LogP contribution in [0.5, 0.6) is 0 Å². The molecule has 162 valence electrons. The van der Waals surface area contributed by atoms with Gasteiger partial charge in [0.05, 0.1) is 34.0 Å². The third kappa shape index (κ3) is 2.70. The van der Waals surface area contributed by atoms with Crippen molar-refractivity contribution in [1.82, 2.24) is 9.55 Å². The molecule has 3 atom stereocenters. The van der Waals surface area contributed by atoms with Gasteiger partial charge in [0.2, 0.25) is 0 Å². The Kier molecular flexibility index (Phi) is 4.08. The van der Waals surface area contributed by atoms with E-state index >= 15 is 4.39 Å². The van der Waals surface area contributed by atoms with Crippen LogP contribution in [0.25, 0.3) is 10.9 Å². The van der Waals surface area contributed by atoms with Gasteiger partial charge in [-0.2, -0.15) is 0 Å². The summed E-state index contributed by atoms with van der Waals surface area (Å²) in [5, 5.41) is 20.5. The van der Waals surface area contributed by atoms with Gasteiger partial charge in [0.1, 0.15) is 6.17 Å². The fraction of sp³-hybridized carbons (Fsp3) is 0.600. The topological polar surface area (TPSA) is 125 Å². The molecule has 3 aliphatic rings. The van der Waals surface area contributed by atoms with E-state index in [1.165, 1.54) is 9.47 Å². The molecule has 8 nitrogen and oxygen atoms in total. The monoisotopic (exact) mass is 422 g/mol. The molecule has 2 heterocycles. The number of nitrogen functional groups attached to an aromatic ring is 1. The molecular formula is C20H24F2N4O4. The molecule has 0 amide bonds. The average Bonchev–Trinajstić information content (AvgIpc) is 3.60. The number of nitrogens with one attached hydrogen (secondary N) is 1. The van der Waals surface area contributed by atoms with E-state index in [0.717, 1.165) is 12.8 Å². The first-order valence-electron chi connectivity index (χ1n) is 10.2. The maximum Gasteiger partial charge on any atom is 0.329 e. The zero-order valence-electron chi connectivity index (χ0n) is 16.5. The quantitative estimate of drug-likeness (QED) is 0.538. The number of aromatic nitrogens is 2. The number of anilines is 2. The number of benzene rings is 1. The summed E-state index contributed by atoms with van der Waals surface area (Å²) in [6, 6.07) is -0.0977. The summed E-state index contributed by atoms with van der Waals surface area (Å²) in [6.07, 6.45) is -0.378. The number of hydrogen-bond donors (Lipinski definition) is 4. The highest BCUT2D eigenvalue weighted by molar-refractivity contribution is 5.97. The molecule has 2 saturated carbocycles. The molecule has 1 saturated heterocycles. The maximum absolute atomic E-state index is 15.3. The van der Waals surface area contributed by atoms with Gasteiger partial charge in [-0.3, -0.25) is 14.3 Å². The Morgan fingerprint density at radius 3 is 2.53 bits per heavy atom. The van der Waals surface area contributed by atoms with Gasteiger partial charge in [-0.15, -0.1) is 0 Å². The number of aromatic amines is 1. The van der Waals surface area contributed by atoms with Crippen molar-refractivity contribution in [2.45, 2.75) is 56.5 Å². The molecule has 5 N–H and O–H groups in total. The van der Waals surface area contributed by atoms with Gasteiger partial charge in [0.15, 0.2) is 5.82 Å². The summed E-state index contributed by atoms with van der Waals surface area (Å²) in [5.74, 6) is -1.73. The van der Waals surface area contributed by atoms with Gasteiger partial charge < -0.3 is 20.8 Å². The highest BCUT2D eigenvalue weighted by atomic mass is 19.1. The van der Waals surface area contributed by atoms with E-state index in [-0.39, 0.29) is 41.4 Å². The summed E-state index contributed by atoms with van der Waals surface area (Å²) < 4.78 is 31.6. The number of nitrogens with zero attached hydrogens (tertiary/aromatic N) is 2. The van der Waals surface area contributed by atoms with Crippen molar-refractivity contribution in [2.75, 3.05) is 23.7 Å². The molecule has 1 aliphatic heterocycles. The van der Waals surface area contributed by atoms with Crippen molar-refractivity contribution >= 4 is 22.3 Å². The van der Waals surface area contributed by atoms with Crippen molar-refractivity contribution in [1.29, 1.82) is 0 Å². The van der Waals surface area contributed by atoms with E-state index in [4.69, 9.17) is 5.73 Å². The Morgan fingerprint density at radius 2 is 1.93 bits per heavy atom. The summed E-state index contributed by atoms with van der Waals surface area (Å²) >= 11 is 0. The van der Waals surface area contributed by atoms with Crippen LogP contribution in [0.2, 0.25) is 0 Å². The molecule has 2 aliphatic carbocycles. The van der Waals surface area contributed by atoms with Crippen LogP contribution in [-0.4, -0.2) is 50.7 Å². The van der Waals surface area contributed by atoms with Gasteiger partial charge in [-0.1, -0.05) is 0 Å². The number of H-pyrrole nitrogens is 1. The Morgan fingerprint density at radius 1 is 1.27 bits per heavy atom. The Bertz CT molecular complexity index is 1170. The first kappa shape index (κ1) is 19.5. The molecule has 10 heteroatoms. The highest BCUT2D eigenvalue weighted by Crippen LogP contribution is 2.46. The molecule has 30 heavy (non-hydrogen) atoms. The first-order valence-corrected chi connectivity index (χ1v) is 10.2. The van der Waals surface area contributed by atoms with Gasteiger partial charge >= 0.3 is 5.69 Å². The summed E-state index contributed by atoms with van der Waals surface area (Å²) in [7, 11) is 0. The average molecular weight is 422 g/mol. The molecule has 0 radical (unpaired) electrons. The third-order valence-corrected chi connectivity index (χ3v) is 6.81. The van der Waals surface area contributed by atoms with E-state index in [0.29, 0.717) is 18.4 Å². The predicted molar refractivity (Wildman–Crippen MR) is 107 cm³/mol. The second-order valence-electron chi connectivity index (χ2n) is 8.92. The van der Waals surface area contributed by atoms with Crippen LogP contribution < -0.4 is 21.9 Å². The van der Waals surface area contributed by atoms with Crippen molar-refractivity contribution in [3.05, 3.63) is 32.2 Å². The van der Waals surface area contributed by atoms with Crippen LogP contribution in [0.4, 0.5) is 20.2 Å². The van der Waals surface area contributed by atoms with Gasteiger partial charge in [0, 0.05) is 30.6 Å².